The van der Waals surface area contributed by atoms with Crippen molar-refractivity contribution in [1.82, 2.24) is 10.6 Å². The van der Waals surface area contributed by atoms with Gasteiger partial charge >= 0.3 is 0 Å². The lowest BCUT2D eigenvalue weighted by molar-refractivity contribution is -0.132. The topological polar surface area (TPSA) is 50.4 Å². The van der Waals surface area contributed by atoms with E-state index in [1.165, 1.54) is 0 Å². The first-order chi connectivity index (χ1) is 8.75. The number of hydrogen-bond donors (Lipinski definition) is 2. The van der Waals surface area contributed by atoms with E-state index in [1.807, 2.05) is 6.92 Å². The van der Waals surface area contributed by atoms with Crippen LogP contribution in [-0.4, -0.2) is 38.8 Å². The van der Waals surface area contributed by atoms with Crippen LogP contribution in [0.3, 0.4) is 0 Å². The zero-order valence-corrected chi connectivity index (χ0v) is 11.9. The van der Waals surface area contributed by atoms with Crippen LogP contribution in [0.5, 0.6) is 0 Å². The first kappa shape index (κ1) is 15.4. The zero-order chi connectivity index (χ0) is 13.3. The minimum absolute atomic E-state index is 0.168. The van der Waals surface area contributed by atoms with Crippen molar-refractivity contribution in [3.8, 4) is 0 Å². The Hall–Kier alpha value is -0.610. The maximum absolute atomic E-state index is 12.4. The van der Waals surface area contributed by atoms with Crippen molar-refractivity contribution in [1.29, 1.82) is 0 Å². The lowest BCUT2D eigenvalue weighted by atomic mass is 9.76. The van der Waals surface area contributed by atoms with Gasteiger partial charge in [0.2, 0.25) is 5.91 Å². The van der Waals surface area contributed by atoms with Gasteiger partial charge in [-0.25, -0.2) is 0 Å². The third-order valence-electron chi connectivity index (χ3n) is 3.64. The van der Waals surface area contributed by atoms with Gasteiger partial charge in [-0.1, -0.05) is 13.3 Å². The van der Waals surface area contributed by atoms with Crippen LogP contribution in [0.1, 0.15) is 46.0 Å². The Morgan fingerprint density at radius 3 is 2.89 bits per heavy atom. The highest BCUT2D eigenvalue weighted by atomic mass is 16.5. The molecule has 0 aliphatic carbocycles. The average molecular weight is 256 g/mol. The summed E-state index contributed by atoms with van der Waals surface area (Å²) in [5.74, 6) is 0.230. The summed E-state index contributed by atoms with van der Waals surface area (Å²) in [6.45, 7) is 8.22. The van der Waals surface area contributed by atoms with Crippen molar-refractivity contribution in [2.45, 2.75) is 46.0 Å². The molecule has 0 aromatic rings. The third kappa shape index (κ3) is 4.58. The SMILES string of the molecule is CCCC1(C(=O)NCCCOCC)CCCNC1. The van der Waals surface area contributed by atoms with Gasteiger partial charge in [-0.3, -0.25) is 4.79 Å². The monoisotopic (exact) mass is 256 g/mol. The Balaban J connectivity index is 2.35. The summed E-state index contributed by atoms with van der Waals surface area (Å²) in [4.78, 5) is 12.4. The molecule has 2 N–H and O–H groups in total. The van der Waals surface area contributed by atoms with E-state index in [2.05, 4.69) is 17.6 Å². The minimum Gasteiger partial charge on any atom is -0.382 e. The second kappa shape index (κ2) is 8.48. The molecule has 4 nitrogen and oxygen atoms in total. The fraction of sp³-hybridized carbons (Fsp3) is 0.929. The van der Waals surface area contributed by atoms with E-state index in [1.54, 1.807) is 0 Å². The van der Waals surface area contributed by atoms with E-state index in [0.717, 1.165) is 65.0 Å². The summed E-state index contributed by atoms with van der Waals surface area (Å²) in [5.41, 5.74) is -0.168. The Labute approximate surface area is 111 Å². The molecule has 0 saturated carbocycles. The van der Waals surface area contributed by atoms with Crippen LogP contribution in [0, 0.1) is 5.41 Å². The molecule has 1 aliphatic rings. The number of ether oxygens (including phenoxy) is 1. The second-order valence-corrected chi connectivity index (χ2v) is 5.12. The largest absolute Gasteiger partial charge is 0.382 e. The molecule has 0 aromatic heterocycles. The maximum Gasteiger partial charge on any atom is 0.227 e. The standard InChI is InChI=1S/C14H28N2O2/c1-3-7-14(8-5-9-15-12-14)13(17)16-10-6-11-18-4-2/h15H,3-12H2,1-2H3,(H,16,17). The van der Waals surface area contributed by atoms with E-state index in [0.29, 0.717) is 0 Å². The number of rotatable bonds is 8. The Morgan fingerprint density at radius 2 is 2.28 bits per heavy atom. The molecule has 0 spiro atoms. The number of hydrogen-bond acceptors (Lipinski definition) is 3. The van der Waals surface area contributed by atoms with Gasteiger partial charge in [-0.2, -0.15) is 0 Å². The first-order valence-electron chi connectivity index (χ1n) is 7.32. The molecule has 0 bridgehead atoms. The molecular weight excluding hydrogens is 228 g/mol. The van der Waals surface area contributed by atoms with Gasteiger partial charge in [0.1, 0.15) is 0 Å². The quantitative estimate of drug-likeness (QED) is 0.650. The van der Waals surface area contributed by atoms with Crippen LogP contribution in [0.2, 0.25) is 0 Å². The molecule has 1 atom stereocenters. The smallest absolute Gasteiger partial charge is 0.227 e. The van der Waals surface area contributed by atoms with E-state index < -0.39 is 0 Å². The van der Waals surface area contributed by atoms with Crippen LogP contribution >= 0.6 is 0 Å². The molecule has 0 radical (unpaired) electrons. The van der Waals surface area contributed by atoms with Crippen molar-refractivity contribution in [3.05, 3.63) is 0 Å². The molecular formula is C14H28N2O2. The first-order valence-corrected chi connectivity index (χ1v) is 7.32. The molecule has 18 heavy (non-hydrogen) atoms. The molecule has 1 unspecified atom stereocenters. The van der Waals surface area contributed by atoms with Crippen LogP contribution in [0.4, 0.5) is 0 Å². The predicted molar refractivity (Wildman–Crippen MR) is 73.6 cm³/mol. The average Bonchev–Trinajstić information content (AvgIpc) is 2.39. The van der Waals surface area contributed by atoms with Gasteiger partial charge < -0.3 is 15.4 Å². The fourth-order valence-corrected chi connectivity index (χ4v) is 2.68. The van der Waals surface area contributed by atoms with E-state index in [9.17, 15) is 4.79 Å². The summed E-state index contributed by atoms with van der Waals surface area (Å²) in [6, 6.07) is 0. The van der Waals surface area contributed by atoms with Crippen molar-refractivity contribution >= 4 is 5.91 Å². The summed E-state index contributed by atoms with van der Waals surface area (Å²) in [5, 5.41) is 6.44. The molecule has 0 aromatic carbocycles. The number of carbonyl (C=O) groups excluding carboxylic acids is 1. The van der Waals surface area contributed by atoms with Gasteiger partial charge in [0.25, 0.3) is 0 Å². The molecule has 1 amide bonds. The van der Waals surface area contributed by atoms with Crippen molar-refractivity contribution in [2.75, 3.05) is 32.8 Å². The highest BCUT2D eigenvalue weighted by Gasteiger charge is 2.38. The summed E-state index contributed by atoms with van der Waals surface area (Å²) < 4.78 is 5.27. The van der Waals surface area contributed by atoms with Gasteiger partial charge in [0.15, 0.2) is 0 Å². The predicted octanol–water partition coefficient (Wildman–Crippen LogP) is 1.70. The highest BCUT2D eigenvalue weighted by Crippen LogP contribution is 2.31. The van der Waals surface area contributed by atoms with Crippen molar-refractivity contribution < 1.29 is 9.53 Å². The van der Waals surface area contributed by atoms with Gasteiger partial charge in [0, 0.05) is 26.3 Å². The van der Waals surface area contributed by atoms with E-state index >= 15 is 0 Å². The molecule has 1 saturated heterocycles. The van der Waals surface area contributed by atoms with E-state index in [4.69, 9.17) is 4.74 Å². The Kier molecular flexibility index (Phi) is 7.28. The zero-order valence-electron chi connectivity index (χ0n) is 11.9. The minimum atomic E-state index is -0.168. The molecule has 1 heterocycles. The lowest BCUT2D eigenvalue weighted by Gasteiger charge is -2.36. The van der Waals surface area contributed by atoms with Crippen molar-refractivity contribution in [2.24, 2.45) is 5.41 Å². The summed E-state index contributed by atoms with van der Waals surface area (Å²) in [6.07, 6.45) is 5.07. The number of carbonyl (C=O) groups is 1. The Morgan fingerprint density at radius 1 is 1.44 bits per heavy atom. The number of amides is 1. The number of nitrogens with one attached hydrogen (secondary N) is 2. The summed E-state index contributed by atoms with van der Waals surface area (Å²) in [7, 11) is 0. The van der Waals surface area contributed by atoms with Crippen LogP contribution < -0.4 is 10.6 Å². The van der Waals surface area contributed by atoms with Gasteiger partial charge in [-0.05, 0) is 39.2 Å². The molecule has 1 aliphatic heterocycles. The molecule has 106 valence electrons. The maximum atomic E-state index is 12.4. The lowest BCUT2D eigenvalue weighted by Crippen LogP contribution is -2.50. The Bertz CT molecular complexity index is 232. The highest BCUT2D eigenvalue weighted by molar-refractivity contribution is 5.83. The second-order valence-electron chi connectivity index (χ2n) is 5.12. The fourth-order valence-electron chi connectivity index (χ4n) is 2.68. The summed E-state index contributed by atoms with van der Waals surface area (Å²) >= 11 is 0. The van der Waals surface area contributed by atoms with Crippen LogP contribution in [0.15, 0.2) is 0 Å². The third-order valence-corrected chi connectivity index (χ3v) is 3.64. The van der Waals surface area contributed by atoms with E-state index in [-0.39, 0.29) is 11.3 Å². The number of piperidine rings is 1. The molecule has 1 rings (SSSR count). The van der Waals surface area contributed by atoms with Crippen LogP contribution in [0.25, 0.3) is 0 Å². The van der Waals surface area contributed by atoms with Crippen LogP contribution in [-0.2, 0) is 9.53 Å². The van der Waals surface area contributed by atoms with Gasteiger partial charge in [-0.15, -0.1) is 0 Å². The van der Waals surface area contributed by atoms with Crippen molar-refractivity contribution in [3.63, 3.8) is 0 Å². The normalized spacial score (nSPS) is 23.9. The van der Waals surface area contributed by atoms with Gasteiger partial charge in [0.05, 0.1) is 5.41 Å². The molecule has 4 heteroatoms. The molecule has 1 fully saturated rings.